The fourth-order valence-corrected chi connectivity index (χ4v) is 5.45. The number of benzene rings is 2. The van der Waals surface area contributed by atoms with Crippen LogP contribution >= 0.6 is 0 Å². The standard InChI is InChI=1S/C36H46N4O6/c1-25-22-40(26(2)24-41)36(44)31-21-30(38-35(43)29-15-17-37-18-16-29)13-14-32(31)46-27(3)10-8-9-19-45-33(25)23-39(4)34(42)20-28-11-6-5-7-12-28/h5-7,11-18,21,25-27,33,41H,8-10,19-20,22-24H2,1-4H3,(H,38,43)/t25-,26-,27-,33+/m1/s1. The molecular weight excluding hydrogens is 584 g/mol. The molecule has 2 heterocycles. The van der Waals surface area contributed by atoms with Gasteiger partial charge in [-0.2, -0.15) is 0 Å². The van der Waals surface area contributed by atoms with E-state index in [0.717, 1.165) is 24.8 Å². The lowest BCUT2D eigenvalue weighted by Crippen LogP contribution is -2.48. The topological polar surface area (TPSA) is 121 Å². The average molecular weight is 631 g/mol. The minimum atomic E-state index is -0.513. The van der Waals surface area contributed by atoms with Crippen LogP contribution in [-0.4, -0.2) is 89.2 Å². The van der Waals surface area contributed by atoms with Gasteiger partial charge in [0.25, 0.3) is 11.8 Å². The van der Waals surface area contributed by atoms with Crippen LogP contribution in [0.4, 0.5) is 5.69 Å². The fourth-order valence-electron chi connectivity index (χ4n) is 5.45. The van der Waals surface area contributed by atoms with Gasteiger partial charge in [-0.25, -0.2) is 0 Å². The van der Waals surface area contributed by atoms with Gasteiger partial charge in [0.1, 0.15) is 5.75 Å². The Hall–Kier alpha value is -4.28. The molecule has 3 amide bonds. The zero-order valence-corrected chi connectivity index (χ0v) is 27.2. The highest BCUT2D eigenvalue weighted by atomic mass is 16.5. The highest BCUT2D eigenvalue weighted by Gasteiger charge is 2.31. The number of aliphatic hydroxyl groups excluding tert-OH is 1. The Morgan fingerprint density at radius 1 is 1.09 bits per heavy atom. The smallest absolute Gasteiger partial charge is 0.258 e. The van der Waals surface area contributed by atoms with Crippen LogP contribution in [0.25, 0.3) is 0 Å². The minimum absolute atomic E-state index is 0.0145. The second-order valence-electron chi connectivity index (χ2n) is 12.1. The zero-order chi connectivity index (χ0) is 33.1. The normalized spacial score (nSPS) is 20.1. The molecule has 1 aliphatic rings. The van der Waals surface area contributed by atoms with Crippen LogP contribution in [-0.2, 0) is 16.0 Å². The third-order valence-electron chi connectivity index (χ3n) is 8.33. The molecule has 2 N–H and O–H groups in total. The summed E-state index contributed by atoms with van der Waals surface area (Å²) in [5.74, 6) is -0.437. The van der Waals surface area contributed by atoms with E-state index in [-0.39, 0.29) is 54.6 Å². The molecule has 1 aromatic heterocycles. The monoisotopic (exact) mass is 630 g/mol. The quantitative estimate of drug-likeness (QED) is 0.366. The van der Waals surface area contributed by atoms with Gasteiger partial charge in [0, 0.05) is 56.3 Å². The molecule has 0 unspecified atom stereocenters. The van der Waals surface area contributed by atoms with Crippen LogP contribution in [0.3, 0.4) is 0 Å². The molecule has 0 bridgehead atoms. The molecule has 10 heteroatoms. The molecular formula is C36H46N4O6. The number of fused-ring (bicyclic) bond motifs is 1. The first-order valence-corrected chi connectivity index (χ1v) is 16.0. The first-order chi connectivity index (χ1) is 22.2. The second kappa shape index (κ2) is 16.9. The van der Waals surface area contributed by atoms with Crippen molar-refractivity contribution < 1.29 is 29.0 Å². The third kappa shape index (κ3) is 9.61. The number of anilines is 1. The molecule has 0 aliphatic carbocycles. The number of rotatable bonds is 8. The molecule has 0 radical (unpaired) electrons. The lowest BCUT2D eigenvalue weighted by Gasteiger charge is -2.36. The molecule has 2 aromatic carbocycles. The summed E-state index contributed by atoms with van der Waals surface area (Å²) < 4.78 is 12.7. The average Bonchev–Trinajstić information content (AvgIpc) is 3.06. The van der Waals surface area contributed by atoms with Gasteiger partial charge < -0.3 is 29.7 Å². The maximum atomic E-state index is 14.3. The van der Waals surface area contributed by atoms with Crippen LogP contribution in [0.5, 0.6) is 5.75 Å². The molecule has 1 aliphatic heterocycles. The van der Waals surface area contributed by atoms with E-state index in [2.05, 4.69) is 10.3 Å². The van der Waals surface area contributed by atoms with Crippen LogP contribution in [0.1, 0.15) is 66.3 Å². The summed E-state index contributed by atoms with van der Waals surface area (Å²) in [6, 6.07) is 17.4. The number of hydrogen-bond acceptors (Lipinski definition) is 7. The van der Waals surface area contributed by atoms with Crippen molar-refractivity contribution in [1.29, 1.82) is 0 Å². The number of nitrogens with one attached hydrogen (secondary N) is 1. The molecule has 246 valence electrons. The van der Waals surface area contributed by atoms with Gasteiger partial charge in [-0.3, -0.25) is 19.4 Å². The maximum Gasteiger partial charge on any atom is 0.258 e. The first-order valence-electron chi connectivity index (χ1n) is 16.0. The molecule has 0 saturated carbocycles. The van der Waals surface area contributed by atoms with Crippen molar-refractivity contribution in [2.75, 3.05) is 38.7 Å². The number of pyridine rings is 1. The summed E-state index contributed by atoms with van der Waals surface area (Å²) in [4.78, 5) is 47.6. The molecule has 46 heavy (non-hydrogen) atoms. The Morgan fingerprint density at radius 3 is 2.54 bits per heavy atom. The highest BCUT2D eigenvalue weighted by Crippen LogP contribution is 2.29. The summed E-state index contributed by atoms with van der Waals surface area (Å²) in [5.41, 5.74) is 2.11. The van der Waals surface area contributed by atoms with Crippen molar-refractivity contribution in [2.24, 2.45) is 5.92 Å². The molecule has 0 fully saturated rings. The molecule has 3 aromatic rings. The molecule has 0 saturated heterocycles. The summed E-state index contributed by atoms with van der Waals surface area (Å²) in [7, 11) is 1.78. The van der Waals surface area contributed by atoms with Gasteiger partial charge in [0.15, 0.2) is 0 Å². The van der Waals surface area contributed by atoms with Crippen LogP contribution < -0.4 is 10.1 Å². The Morgan fingerprint density at radius 2 is 1.83 bits per heavy atom. The van der Waals surface area contributed by atoms with E-state index < -0.39 is 6.04 Å². The molecule has 4 rings (SSSR count). The number of carbonyl (C=O) groups excluding carboxylic acids is 3. The van der Waals surface area contributed by atoms with Crippen molar-refractivity contribution in [1.82, 2.24) is 14.8 Å². The van der Waals surface area contributed by atoms with Crippen molar-refractivity contribution in [2.45, 2.75) is 64.7 Å². The first kappa shape index (κ1) is 34.6. The third-order valence-corrected chi connectivity index (χ3v) is 8.33. The van der Waals surface area contributed by atoms with E-state index >= 15 is 0 Å². The number of likely N-dealkylation sites (N-methyl/N-ethyl adjacent to an activating group) is 1. The maximum absolute atomic E-state index is 14.3. The van der Waals surface area contributed by atoms with E-state index in [1.807, 2.05) is 44.2 Å². The number of amides is 3. The summed E-state index contributed by atoms with van der Waals surface area (Å²) in [6.07, 6.45) is 5.30. The molecule has 0 spiro atoms. The Labute approximate surface area is 271 Å². The largest absolute Gasteiger partial charge is 0.490 e. The molecule has 4 atom stereocenters. The summed E-state index contributed by atoms with van der Waals surface area (Å²) in [5, 5.41) is 13.1. The number of aromatic nitrogens is 1. The predicted molar refractivity (Wildman–Crippen MR) is 177 cm³/mol. The van der Waals surface area contributed by atoms with Gasteiger partial charge in [-0.15, -0.1) is 0 Å². The van der Waals surface area contributed by atoms with Crippen molar-refractivity contribution in [3.05, 3.63) is 89.7 Å². The van der Waals surface area contributed by atoms with E-state index in [0.29, 0.717) is 36.6 Å². The fraction of sp³-hybridized carbons (Fsp3) is 0.444. The second-order valence-corrected chi connectivity index (χ2v) is 12.1. The number of aliphatic hydroxyl groups is 1. The Bertz CT molecular complexity index is 1440. The van der Waals surface area contributed by atoms with E-state index in [4.69, 9.17) is 9.47 Å². The van der Waals surface area contributed by atoms with Gasteiger partial charge in [0.2, 0.25) is 5.91 Å². The predicted octanol–water partition coefficient (Wildman–Crippen LogP) is 4.83. The minimum Gasteiger partial charge on any atom is -0.490 e. The summed E-state index contributed by atoms with van der Waals surface area (Å²) in [6.45, 7) is 6.66. The van der Waals surface area contributed by atoms with Crippen molar-refractivity contribution in [3.8, 4) is 5.75 Å². The van der Waals surface area contributed by atoms with E-state index in [9.17, 15) is 19.5 Å². The Kier molecular flexibility index (Phi) is 12.7. The number of nitrogens with zero attached hydrogens (tertiary/aromatic N) is 3. The number of carbonyl (C=O) groups is 3. The van der Waals surface area contributed by atoms with Gasteiger partial charge in [-0.05, 0) is 69.0 Å². The summed E-state index contributed by atoms with van der Waals surface area (Å²) >= 11 is 0. The van der Waals surface area contributed by atoms with Crippen molar-refractivity contribution in [3.63, 3.8) is 0 Å². The zero-order valence-electron chi connectivity index (χ0n) is 27.2. The lowest BCUT2D eigenvalue weighted by atomic mass is 10.0. The van der Waals surface area contributed by atoms with Gasteiger partial charge >= 0.3 is 0 Å². The molecule has 10 nitrogen and oxygen atoms in total. The van der Waals surface area contributed by atoms with Crippen LogP contribution in [0.15, 0.2) is 73.1 Å². The number of ether oxygens (including phenoxy) is 2. The highest BCUT2D eigenvalue weighted by molar-refractivity contribution is 6.05. The van der Waals surface area contributed by atoms with E-state index in [1.54, 1.807) is 66.5 Å². The van der Waals surface area contributed by atoms with E-state index in [1.165, 1.54) is 0 Å². The lowest BCUT2D eigenvalue weighted by molar-refractivity contribution is -0.131. The van der Waals surface area contributed by atoms with Gasteiger partial charge in [-0.1, -0.05) is 37.3 Å². The van der Waals surface area contributed by atoms with Gasteiger partial charge in [0.05, 0.1) is 36.8 Å². The SMILES string of the molecule is C[C@@H]1CCCCO[C@@H](CN(C)C(=O)Cc2ccccc2)[C@H](C)CN([C@H](C)CO)C(=O)c2cc(NC(=O)c3ccncc3)ccc2O1. The van der Waals surface area contributed by atoms with Crippen LogP contribution in [0.2, 0.25) is 0 Å². The van der Waals surface area contributed by atoms with Crippen molar-refractivity contribution >= 4 is 23.4 Å². The Balaban J connectivity index is 1.60. The number of hydrogen-bond donors (Lipinski definition) is 2. The van der Waals surface area contributed by atoms with Crippen LogP contribution in [0, 0.1) is 5.92 Å².